The highest BCUT2D eigenvalue weighted by atomic mass is 19.3. The third kappa shape index (κ3) is 2.01. The fraction of sp³-hybridized carbons (Fsp3) is 0.625. The van der Waals surface area contributed by atoms with Gasteiger partial charge in [-0.1, -0.05) is 0 Å². The lowest BCUT2D eigenvalue weighted by Gasteiger charge is -2.26. The molecule has 0 aliphatic carbocycles. The quantitative estimate of drug-likeness (QED) is 0.505. The normalized spacial score (nSPS) is 17.5. The third-order valence-electron chi connectivity index (χ3n) is 1.83. The first kappa shape index (κ1) is 10.9. The number of nitrogens with zero attached hydrogens (tertiary/aromatic N) is 2. The molecular formula is C8H12F2N2O2. The second kappa shape index (κ2) is 4.36. The van der Waals surface area contributed by atoms with E-state index in [0.717, 1.165) is 0 Å². The van der Waals surface area contributed by atoms with Crippen molar-refractivity contribution in [2.75, 3.05) is 20.2 Å². The van der Waals surface area contributed by atoms with E-state index in [2.05, 4.69) is 4.74 Å². The standard InChI is InChI=1S/C8H12F2N2O2/c1-3-14-7(13)6-4-5-11(2)12(6)8(9)10/h4,8H,3,5H2,1-2H3. The van der Waals surface area contributed by atoms with Crippen LogP contribution in [0, 0.1) is 0 Å². The van der Waals surface area contributed by atoms with Crippen LogP contribution in [0.25, 0.3) is 0 Å². The Hall–Kier alpha value is -1.17. The van der Waals surface area contributed by atoms with Crippen molar-refractivity contribution in [1.29, 1.82) is 0 Å². The van der Waals surface area contributed by atoms with Crippen LogP contribution in [0.3, 0.4) is 0 Å². The number of carbonyl (C=O) groups excluding carboxylic acids is 1. The SMILES string of the molecule is CCOC(=O)C1=CCN(C)N1C(F)F. The zero-order chi connectivity index (χ0) is 10.7. The number of hydrogen-bond acceptors (Lipinski definition) is 4. The first-order valence-electron chi connectivity index (χ1n) is 4.23. The highest BCUT2D eigenvalue weighted by Gasteiger charge is 2.32. The van der Waals surface area contributed by atoms with Crippen LogP contribution in [-0.2, 0) is 9.53 Å². The smallest absolute Gasteiger partial charge is 0.355 e. The summed E-state index contributed by atoms with van der Waals surface area (Å²) in [4.78, 5) is 11.2. The maximum Gasteiger partial charge on any atom is 0.355 e. The largest absolute Gasteiger partial charge is 0.461 e. The molecule has 1 heterocycles. The number of rotatable bonds is 3. The van der Waals surface area contributed by atoms with E-state index in [1.807, 2.05) is 0 Å². The van der Waals surface area contributed by atoms with Crippen LogP contribution in [0.5, 0.6) is 0 Å². The molecule has 0 radical (unpaired) electrons. The van der Waals surface area contributed by atoms with Gasteiger partial charge >= 0.3 is 12.5 Å². The van der Waals surface area contributed by atoms with Crippen molar-refractivity contribution in [1.82, 2.24) is 10.0 Å². The number of esters is 1. The molecule has 1 aliphatic heterocycles. The molecule has 0 spiro atoms. The molecule has 0 aromatic rings. The highest BCUT2D eigenvalue weighted by Crippen LogP contribution is 2.21. The summed E-state index contributed by atoms with van der Waals surface area (Å²) >= 11 is 0. The van der Waals surface area contributed by atoms with Crippen LogP contribution in [0.1, 0.15) is 6.92 Å². The van der Waals surface area contributed by atoms with Crippen LogP contribution >= 0.6 is 0 Å². The van der Waals surface area contributed by atoms with Crippen molar-refractivity contribution in [2.24, 2.45) is 0 Å². The van der Waals surface area contributed by atoms with Gasteiger partial charge in [-0.3, -0.25) is 0 Å². The number of halogens is 2. The maximum absolute atomic E-state index is 12.5. The van der Waals surface area contributed by atoms with Crippen LogP contribution in [0.2, 0.25) is 0 Å². The summed E-state index contributed by atoms with van der Waals surface area (Å²) in [6.07, 6.45) is 1.42. The Morgan fingerprint density at radius 2 is 2.36 bits per heavy atom. The summed E-state index contributed by atoms with van der Waals surface area (Å²) in [6.45, 7) is -0.627. The first-order chi connectivity index (χ1) is 6.57. The molecule has 1 rings (SSSR count). The van der Waals surface area contributed by atoms with Crippen LogP contribution in [-0.4, -0.2) is 42.7 Å². The monoisotopic (exact) mass is 206 g/mol. The van der Waals surface area contributed by atoms with Gasteiger partial charge in [0, 0.05) is 13.6 Å². The molecular weight excluding hydrogens is 194 g/mol. The Balaban J connectivity index is 2.73. The Morgan fingerprint density at radius 3 is 2.86 bits per heavy atom. The van der Waals surface area contributed by atoms with Crippen LogP contribution in [0.4, 0.5) is 8.78 Å². The van der Waals surface area contributed by atoms with Gasteiger partial charge in [0.2, 0.25) is 0 Å². The topological polar surface area (TPSA) is 32.8 Å². The predicted molar refractivity (Wildman–Crippen MR) is 45.2 cm³/mol. The van der Waals surface area contributed by atoms with E-state index in [0.29, 0.717) is 11.6 Å². The Kier molecular flexibility index (Phi) is 3.40. The van der Waals surface area contributed by atoms with Crippen molar-refractivity contribution in [3.05, 3.63) is 11.8 Å². The predicted octanol–water partition coefficient (Wildman–Crippen LogP) is 0.818. The lowest BCUT2D eigenvalue weighted by Crippen LogP contribution is -2.40. The van der Waals surface area contributed by atoms with E-state index >= 15 is 0 Å². The summed E-state index contributed by atoms with van der Waals surface area (Å²) < 4.78 is 29.6. The minimum absolute atomic E-state index is 0.0932. The minimum Gasteiger partial charge on any atom is -0.461 e. The molecule has 4 nitrogen and oxygen atoms in total. The molecule has 0 atom stereocenters. The Morgan fingerprint density at radius 1 is 1.71 bits per heavy atom. The summed E-state index contributed by atoms with van der Waals surface area (Å²) in [5.74, 6) is -0.711. The fourth-order valence-electron chi connectivity index (χ4n) is 1.22. The Labute approximate surface area is 80.7 Å². The van der Waals surface area contributed by atoms with E-state index < -0.39 is 12.5 Å². The van der Waals surface area contributed by atoms with Crippen molar-refractivity contribution < 1.29 is 18.3 Å². The second-order valence-electron chi connectivity index (χ2n) is 2.77. The number of hydrazine groups is 1. The third-order valence-corrected chi connectivity index (χ3v) is 1.83. The number of likely N-dealkylation sites (N-methyl/N-ethyl adjacent to an activating group) is 1. The Bertz CT molecular complexity index is 256. The van der Waals surface area contributed by atoms with Gasteiger partial charge in [0.05, 0.1) is 6.61 Å². The van der Waals surface area contributed by atoms with Gasteiger partial charge in [-0.2, -0.15) is 8.78 Å². The van der Waals surface area contributed by atoms with Crippen LogP contribution in [0.15, 0.2) is 11.8 Å². The van der Waals surface area contributed by atoms with Gasteiger partial charge in [0.15, 0.2) is 0 Å². The average Bonchev–Trinajstić information content (AvgIpc) is 2.47. The van der Waals surface area contributed by atoms with Gasteiger partial charge in [-0.05, 0) is 13.0 Å². The molecule has 0 aromatic heterocycles. The molecule has 0 fully saturated rings. The lowest BCUT2D eigenvalue weighted by atomic mass is 10.4. The summed E-state index contributed by atoms with van der Waals surface area (Å²) in [5.41, 5.74) is -0.0932. The first-order valence-corrected chi connectivity index (χ1v) is 4.23. The second-order valence-corrected chi connectivity index (χ2v) is 2.77. The highest BCUT2D eigenvalue weighted by molar-refractivity contribution is 5.88. The lowest BCUT2D eigenvalue weighted by molar-refractivity contribution is -0.152. The molecule has 80 valence electrons. The maximum atomic E-state index is 12.5. The number of carbonyl (C=O) groups is 1. The minimum atomic E-state index is -2.72. The van der Waals surface area contributed by atoms with Crippen molar-refractivity contribution in [3.8, 4) is 0 Å². The van der Waals surface area contributed by atoms with Crippen molar-refractivity contribution in [3.63, 3.8) is 0 Å². The molecule has 14 heavy (non-hydrogen) atoms. The van der Waals surface area contributed by atoms with E-state index in [9.17, 15) is 13.6 Å². The molecule has 0 amide bonds. The van der Waals surface area contributed by atoms with Gasteiger partial charge in [-0.15, -0.1) is 0 Å². The van der Waals surface area contributed by atoms with E-state index in [1.165, 1.54) is 18.1 Å². The molecule has 0 aromatic carbocycles. The van der Waals surface area contributed by atoms with Crippen molar-refractivity contribution >= 4 is 5.97 Å². The zero-order valence-corrected chi connectivity index (χ0v) is 8.04. The molecule has 0 N–H and O–H groups in total. The fourth-order valence-corrected chi connectivity index (χ4v) is 1.22. The number of hydrogen-bond donors (Lipinski definition) is 0. The summed E-state index contributed by atoms with van der Waals surface area (Å²) in [7, 11) is 1.48. The van der Waals surface area contributed by atoms with Crippen molar-refractivity contribution in [2.45, 2.75) is 13.5 Å². The number of ether oxygens (including phenoxy) is 1. The van der Waals surface area contributed by atoms with Gasteiger partial charge < -0.3 is 4.74 Å². The van der Waals surface area contributed by atoms with Gasteiger partial charge in [0.25, 0.3) is 0 Å². The van der Waals surface area contributed by atoms with E-state index in [4.69, 9.17) is 0 Å². The molecule has 0 bridgehead atoms. The van der Waals surface area contributed by atoms with Gasteiger partial charge in [-0.25, -0.2) is 14.8 Å². The summed E-state index contributed by atoms with van der Waals surface area (Å²) in [5, 5.41) is 1.88. The molecule has 0 saturated carbocycles. The van der Waals surface area contributed by atoms with E-state index in [1.54, 1.807) is 6.92 Å². The van der Waals surface area contributed by atoms with E-state index in [-0.39, 0.29) is 12.3 Å². The average molecular weight is 206 g/mol. The summed E-state index contributed by atoms with van der Waals surface area (Å²) in [6, 6.07) is 0. The zero-order valence-electron chi connectivity index (χ0n) is 8.04. The molecule has 1 aliphatic rings. The van der Waals surface area contributed by atoms with Gasteiger partial charge in [0.1, 0.15) is 5.70 Å². The molecule has 0 unspecified atom stereocenters. The van der Waals surface area contributed by atoms with Crippen LogP contribution < -0.4 is 0 Å². The molecule has 6 heteroatoms. The molecule has 0 saturated heterocycles. The number of alkyl halides is 2.